The molecule has 0 fully saturated rings. The number of carbonyl (C=O) groups is 1. The number of pyridine rings is 2. The Labute approximate surface area is 162 Å². The zero-order chi connectivity index (χ0) is 19.3. The zero-order valence-corrected chi connectivity index (χ0v) is 15.3. The Kier molecular flexibility index (Phi) is 4.89. The lowest BCUT2D eigenvalue weighted by Gasteiger charge is -2.09. The SMILES string of the molecule is Cc1ccc(-c2cc(C(=O)NN=Cc3cccnc3)c3ccccc3n2)cc1. The van der Waals surface area contributed by atoms with Crippen molar-refractivity contribution in [2.45, 2.75) is 6.92 Å². The minimum Gasteiger partial charge on any atom is -0.267 e. The van der Waals surface area contributed by atoms with Gasteiger partial charge in [0.2, 0.25) is 0 Å². The quantitative estimate of drug-likeness (QED) is 0.431. The van der Waals surface area contributed by atoms with Crippen LogP contribution in [0.2, 0.25) is 0 Å². The van der Waals surface area contributed by atoms with Gasteiger partial charge in [-0.15, -0.1) is 0 Å². The fourth-order valence-electron chi connectivity index (χ4n) is 2.91. The second kappa shape index (κ2) is 7.80. The third-order valence-electron chi connectivity index (χ3n) is 4.37. The van der Waals surface area contributed by atoms with Crippen LogP contribution in [-0.2, 0) is 0 Å². The molecule has 0 atom stereocenters. The molecule has 4 rings (SSSR count). The van der Waals surface area contributed by atoms with Crippen molar-refractivity contribution < 1.29 is 4.79 Å². The average Bonchev–Trinajstić information content (AvgIpc) is 2.74. The van der Waals surface area contributed by atoms with E-state index in [0.29, 0.717) is 5.56 Å². The van der Waals surface area contributed by atoms with Gasteiger partial charge >= 0.3 is 0 Å². The average molecular weight is 366 g/mol. The zero-order valence-electron chi connectivity index (χ0n) is 15.3. The lowest BCUT2D eigenvalue weighted by molar-refractivity contribution is 0.0956. The molecule has 5 heteroatoms. The van der Waals surface area contributed by atoms with E-state index in [1.807, 2.05) is 73.7 Å². The molecule has 0 radical (unpaired) electrons. The number of aromatic nitrogens is 2. The second-order valence-electron chi connectivity index (χ2n) is 6.42. The molecule has 0 aliphatic heterocycles. The Bertz CT molecular complexity index is 1150. The monoisotopic (exact) mass is 366 g/mol. The lowest BCUT2D eigenvalue weighted by Crippen LogP contribution is -2.18. The van der Waals surface area contributed by atoms with Crippen LogP contribution in [0.25, 0.3) is 22.2 Å². The highest BCUT2D eigenvalue weighted by atomic mass is 16.2. The highest BCUT2D eigenvalue weighted by molar-refractivity contribution is 6.07. The van der Waals surface area contributed by atoms with Gasteiger partial charge in [-0.1, -0.05) is 54.1 Å². The fourth-order valence-corrected chi connectivity index (χ4v) is 2.91. The van der Waals surface area contributed by atoms with Crippen LogP contribution in [-0.4, -0.2) is 22.1 Å². The maximum atomic E-state index is 12.8. The first-order chi connectivity index (χ1) is 13.7. The molecule has 4 aromatic rings. The van der Waals surface area contributed by atoms with Gasteiger partial charge in [-0.25, -0.2) is 10.4 Å². The van der Waals surface area contributed by atoms with E-state index in [0.717, 1.165) is 27.7 Å². The van der Waals surface area contributed by atoms with Gasteiger partial charge in [0.05, 0.1) is 23.0 Å². The standard InChI is InChI=1S/C23H18N4O/c1-16-8-10-18(11-9-16)22-13-20(19-6-2-3-7-21(19)26-22)23(28)27-25-15-17-5-4-12-24-14-17/h2-15H,1H3,(H,27,28). The Hall–Kier alpha value is -3.86. The number of para-hydroxylation sites is 1. The van der Waals surface area contributed by atoms with Crippen molar-refractivity contribution in [2.24, 2.45) is 5.10 Å². The molecule has 136 valence electrons. The number of amides is 1. The summed E-state index contributed by atoms with van der Waals surface area (Å²) in [5.41, 5.74) is 7.59. The van der Waals surface area contributed by atoms with E-state index in [-0.39, 0.29) is 5.91 Å². The van der Waals surface area contributed by atoms with Gasteiger partial charge in [0.1, 0.15) is 0 Å². The van der Waals surface area contributed by atoms with Gasteiger partial charge in [-0.3, -0.25) is 9.78 Å². The molecule has 0 bridgehead atoms. The molecule has 28 heavy (non-hydrogen) atoms. The molecule has 0 aliphatic rings. The number of hydrazone groups is 1. The first-order valence-electron chi connectivity index (χ1n) is 8.91. The Morgan fingerprint density at radius 3 is 2.64 bits per heavy atom. The highest BCUT2D eigenvalue weighted by Gasteiger charge is 2.13. The summed E-state index contributed by atoms with van der Waals surface area (Å²) in [5.74, 6) is -0.285. The van der Waals surface area contributed by atoms with E-state index in [2.05, 4.69) is 15.5 Å². The van der Waals surface area contributed by atoms with E-state index in [1.54, 1.807) is 18.6 Å². The maximum absolute atomic E-state index is 12.8. The third-order valence-corrected chi connectivity index (χ3v) is 4.37. The fraction of sp³-hybridized carbons (Fsp3) is 0.0435. The van der Waals surface area contributed by atoms with Crippen LogP contribution in [0.1, 0.15) is 21.5 Å². The van der Waals surface area contributed by atoms with Crippen molar-refractivity contribution >= 4 is 23.0 Å². The van der Waals surface area contributed by atoms with E-state index < -0.39 is 0 Å². The molecule has 1 amide bonds. The van der Waals surface area contributed by atoms with Gasteiger partial charge in [-0.05, 0) is 25.1 Å². The minimum absolute atomic E-state index is 0.285. The lowest BCUT2D eigenvalue weighted by atomic mass is 10.0. The molecule has 0 saturated carbocycles. The van der Waals surface area contributed by atoms with Crippen LogP contribution < -0.4 is 5.43 Å². The topological polar surface area (TPSA) is 67.2 Å². The second-order valence-corrected chi connectivity index (χ2v) is 6.42. The van der Waals surface area contributed by atoms with Crippen LogP contribution in [0.3, 0.4) is 0 Å². The van der Waals surface area contributed by atoms with Crippen molar-refractivity contribution in [3.63, 3.8) is 0 Å². The predicted octanol–water partition coefficient (Wildman–Crippen LogP) is 4.37. The number of hydrogen-bond acceptors (Lipinski definition) is 4. The molecule has 2 heterocycles. The van der Waals surface area contributed by atoms with E-state index in [4.69, 9.17) is 4.98 Å². The number of rotatable bonds is 4. The van der Waals surface area contributed by atoms with Crippen LogP contribution in [0.4, 0.5) is 0 Å². The van der Waals surface area contributed by atoms with Crippen molar-refractivity contribution in [3.8, 4) is 11.3 Å². The summed E-state index contributed by atoms with van der Waals surface area (Å²) in [6, 6.07) is 21.2. The summed E-state index contributed by atoms with van der Waals surface area (Å²) in [4.78, 5) is 21.6. The van der Waals surface area contributed by atoms with Crippen molar-refractivity contribution in [1.82, 2.24) is 15.4 Å². The number of benzene rings is 2. The van der Waals surface area contributed by atoms with Gasteiger partial charge in [0, 0.05) is 28.9 Å². The summed E-state index contributed by atoms with van der Waals surface area (Å²) < 4.78 is 0. The molecule has 1 N–H and O–H groups in total. The molecular weight excluding hydrogens is 348 g/mol. The number of nitrogens with one attached hydrogen (secondary N) is 1. The summed E-state index contributed by atoms with van der Waals surface area (Å²) in [7, 11) is 0. The van der Waals surface area contributed by atoms with Gasteiger partial charge in [0.25, 0.3) is 5.91 Å². The smallest absolute Gasteiger partial charge is 0.267 e. The first-order valence-corrected chi connectivity index (χ1v) is 8.91. The normalized spacial score (nSPS) is 11.0. The van der Waals surface area contributed by atoms with Crippen LogP contribution in [0.5, 0.6) is 0 Å². The molecule has 0 unspecified atom stereocenters. The molecule has 0 saturated heterocycles. The summed E-state index contributed by atoms with van der Waals surface area (Å²) in [6.45, 7) is 2.04. The third kappa shape index (κ3) is 3.78. The number of aryl methyl sites for hydroxylation is 1. The summed E-state index contributed by atoms with van der Waals surface area (Å²) >= 11 is 0. The van der Waals surface area contributed by atoms with E-state index >= 15 is 0 Å². The number of fused-ring (bicyclic) bond motifs is 1. The minimum atomic E-state index is -0.285. The molecular formula is C23H18N4O. The van der Waals surface area contributed by atoms with Crippen LogP contribution in [0, 0.1) is 6.92 Å². The van der Waals surface area contributed by atoms with Gasteiger partial charge < -0.3 is 0 Å². The highest BCUT2D eigenvalue weighted by Crippen LogP contribution is 2.25. The van der Waals surface area contributed by atoms with Crippen molar-refractivity contribution in [2.75, 3.05) is 0 Å². The molecule has 2 aromatic heterocycles. The van der Waals surface area contributed by atoms with Crippen LogP contribution in [0.15, 0.2) is 84.2 Å². The first kappa shape index (κ1) is 17.5. The maximum Gasteiger partial charge on any atom is 0.272 e. The van der Waals surface area contributed by atoms with Crippen molar-refractivity contribution in [3.05, 3.63) is 95.8 Å². The largest absolute Gasteiger partial charge is 0.272 e. The molecule has 0 spiro atoms. The van der Waals surface area contributed by atoms with E-state index in [9.17, 15) is 4.79 Å². The summed E-state index contributed by atoms with van der Waals surface area (Å²) in [6.07, 6.45) is 4.92. The Morgan fingerprint density at radius 2 is 1.86 bits per heavy atom. The Morgan fingerprint density at radius 1 is 1.04 bits per heavy atom. The molecule has 0 aliphatic carbocycles. The van der Waals surface area contributed by atoms with Gasteiger partial charge in [0.15, 0.2) is 0 Å². The summed E-state index contributed by atoms with van der Waals surface area (Å²) in [5, 5.41) is 4.84. The predicted molar refractivity (Wildman–Crippen MR) is 111 cm³/mol. The number of carbonyl (C=O) groups excluding carboxylic acids is 1. The molecule has 5 nitrogen and oxygen atoms in total. The number of nitrogens with zero attached hydrogens (tertiary/aromatic N) is 3. The van der Waals surface area contributed by atoms with E-state index in [1.165, 1.54) is 5.56 Å². The molecule has 2 aromatic carbocycles. The Balaban J connectivity index is 1.69. The van der Waals surface area contributed by atoms with Gasteiger partial charge in [-0.2, -0.15) is 5.10 Å². The van der Waals surface area contributed by atoms with Crippen LogP contribution >= 0.6 is 0 Å². The van der Waals surface area contributed by atoms with Crippen molar-refractivity contribution in [1.29, 1.82) is 0 Å². The number of hydrogen-bond donors (Lipinski definition) is 1.